The van der Waals surface area contributed by atoms with E-state index in [9.17, 15) is 0 Å². The van der Waals surface area contributed by atoms with Crippen molar-refractivity contribution in [2.24, 2.45) is 0 Å². The van der Waals surface area contributed by atoms with Gasteiger partial charge in [0.2, 0.25) is 0 Å². The van der Waals surface area contributed by atoms with E-state index in [2.05, 4.69) is 155 Å². The number of hydrogen-bond acceptors (Lipinski definition) is 0. The summed E-state index contributed by atoms with van der Waals surface area (Å²) in [6, 6.07) is 50.9. The van der Waals surface area contributed by atoms with Gasteiger partial charge in [-0.1, -0.05) is 143 Å². The van der Waals surface area contributed by atoms with Gasteiger partial charge in [-0.2, -0.15) is 0 Å². The summed E-state index contributed by atoms with van der Waals surface area (Å²) < 4.78 is 1.10. The molecule has 0 saturated carbocycles. The van der Waals surface area contributed by atoms with Crippen LogP contribution in [0, 0.1) is 0 Å². The highest BCUT2D eigenvalue weighted by Crippen LogP contribution is 2.22. The third-order valence-electron chi connectivity index (χ3n) is 6.09. The first-order chi connectivity index (χ1) is 15.8. The van der Waals surface area contributed by atoms with Crippen LogP contribution in [0.3, 0.4) is 0 Å². The Hall–Kier alpha value is -3.20. The lowest BCUT2D eigenvalue weighted by Crippen LogP contribution is -2.74. The molecule has 5 aromatic rings. The van der Waals surface area contributed by atoms with Crippen LogP contribution >= 0.6 is 15.9 Å². The molecule has 5 aromatic carbocycles. The molecule has 32 heavy (non-hydrogen) atoms. The lowest BCUT2D eigenvalue weighted by atomic mass is 10.1. The highest BCUT2D eigenvalue weighted by molar-refractivity contribution is 9.10. The second kappa shape index (κ2) is 9.11. The minimum absolute atomic E-state index is 1.10. The molecule has 2 heteroatoms. The summed E-state index contributed by atoms with van der Waals surface area (Å²) in [6.07, 6.45) is 0. The second-order valence-corrected chi connectivity index (χ2v) is 12.7. The van der Waals surface area contributed by atoms with E-state index in [-0.39, 0.29) is 0 Å². The Morgan fingerprint density at radius 3 is 1.28 bits per heavy atom. The SMILES string of the molecule is Brc1ccc(-c2cccc([Si](c3ccccc3)(c3ccccc3)c3ccccc3)c2)cc1. The summed E-state index contributed by atoms with van der Waals surface area (Å²) in [5, 5.41) is 5.57. The molecule has 0 unspecified atom stereocenters. The molecule has 0 aromatic heterocycles. The topological polar surface area (TPSA) is 0 Å². The minimum Gasteiger partial charge on any atom is -0.0623 e. The second-order valence-electron chi connectivity index (χ2n) is 7.94. The Bertz CT molecular complexity index is 1200. The van der Waals surface area contributed by atoms with E-state index < -0.39 is 8.07 Å². The molecule has 0 fully saturated rings. The van der Waals surface area contributed by atoms with Crippen molar-refractivity contribution in [3.63, 3.8) is 0 Å². The zero-order valence-electron chi connectivity index (χ0n) is 17.7. The van der Waals surface area contributed by atoms with E-state index in [4.69, 9.17) is 0 Å². The third-order valence-corrected chi connectivity index (χ3v) is 11.4. The highest BCUT2D eigenvalue weighted by Gasteiger charge is 2.41. The Kier molecular flexibility index (Phi) is 5.89. The number of benzene rings is 5. The minimum atomic E-state index is -2.48. The van der Waals surface area contributed by atoms with Crippen LogP contribution in [0.25, 0.3) is 11.1 Å². The van der Waals surface area contributed by atoms with Crippen LogP contribution in [0.15, 0.2) is 144 Å². The fourth-order valence-corrected chi connectivity index (χ4v) is 9.70. The maximum Gasteiger partial charge on any atom is 0.179 e. The van der Waals surface area contributed by atoms with Crippen molar-refractivity contribution in [3.05, 3.63) is 144 Å². The van der Waals surface area contributed by atoms with E-state index >= 15 is 0 Å². The first-order valence-corrected chi connectivity index (χ1v) is 13.6. The van der Waals surface area contributed by atoms with E-state index in [0.717, 1.165) is 4.47 Å². The molecule has 0 N–H and O–H groups in total. The summed E-state index contributed by atoms with van der Waals surface area (Å²) in [7, 11) is -2.48. The van der Waals surface area contributed by atoms with Gasteiger partial charge in [0.15, 0.2) is 8.07 Å². The van der Waals surface area contributed by atoms with Gasteiger partial charge in [-0.15, -0.1) is 0 Å². The van der Waals surface area contributed by atoms with Crippen molar-refractivity contribution in [3.8, 4) is 11.1 Å². The largest absolute Gasteiger partial charge is 0.179 e. The summed E-state index contributed by atoms with van der Waals surface area (Å²) in [4.78, 5) is 0. The lowest BCUT2D eigenvalue weighted by Gasteiger charge is -2.34. The van der Waals surface area contributed by atoms with Crippen LogP contribution in [-0.2, 0) is 0 Å². The van der Waals surface area contributed by atoms with Gasteiger partial charge in [-0.05, 0) is 44.0 Å². The van der Waals surface area contributed by atoms with Crippen LogP contribution in [0.1, 0.15) is 0 Å². The molecule has 0 aliphatic heterocycles. The van der Waals surface area contributed by atoms with Gasteiger partial charge in [0, 0.05) is 4.47 Å². The van der Waals surface area contributed by atoms with Crippen LogP contribution < -0.4 is 20.7 Å². The van der Waals surface area contributed by atoms with Crippen LogP contribution in [-0.4, -0.2) is 8.07 Å². The van der Waals surface area contributed by atoms with Crippen LogP contribution in [0.5, 0.6) is 0 Å². The normalized spacial score (nSPS) is 11.3. The molecule has 5 rings (SSSR count). The van der Waals surface area contributed by atoms with Crippen molar-refractivity contribution >= 4 is 44.8 Å². The third kappa shape index (κ3) is 3.77. The van der Waals surface area contributed by atoms with E-state index in [1.165, 1.54) is 31.9 Å². The van der Waals surface area contributed by atoms with E-state index in [1.807, 2.05) is 0 Å². The molecule has 0 aliphatic rings. The molecule has 0 atom stereocenters. The van der Waals surface area contributed by atoms with Crippen molar-refractivity contribution in [2.45, 2.75) is 0 Å². The van der Waals surface area contributed by atoms with Crippen molar-refractivity contribution in [1.29, 1.82) is 0 Å². The van der Waals surface area contributed by atoms with Crippen molar-refractivity contribution in [2.75, 3.05) is 0 Å². The van der Waals surface area contributed by atoms with Gasteiger partial charge in [-0.3, -0.25) is 0 Å². The van der Waals surface area contributed by atoms with Gasteiger partial charge in [0.25, 0.3) is 0 Å². The summed E-state index contributed by atoms with van der Waals surface area (Å²) in [6.45, 7) is 0. The lowest BCUT2D eigenvalue weighted by molar-refractivity contribution is 1.60. The Morgan fingerprint density at radius 2 is 0.812 bits per heavy atom. The van der Waals surface area contributed by atoms with Crippen LogP contribution in [0.2, 0.25) is 0 Å². The molecule has 0 aliphatic carbocycles. The molecule has 154 valence electrons. The number of halogens is 1. The quantitative estimate of drug-likeness (QED) is 0.225. The average molecular weight is 492 g/mol. The highest BCUT2D eigenvalue weighted by atomic mass is 79.9. The Balaban J connectivity index is 1.83. The number of rotatable bonds is 5. The fraction of sp³-hybridized carbons (Fsp3) is 0. The van der Waals surface area contributed by atoms with Crippen LogP contribution in [0.4, 0.5) is 0 Å². The van der Waals surface area contributed by atoms with Crippen molar-refractivity contribution < 1.29 is 0 Å². The predicted octanol–water partition coefficient (Wildman–Crippen LogP) is 5.49. The summed E-state index contributed by atoms with van der Waals surface area (Å²) >= 11 is 3.56. The first kappa shape index (κ1) is 20.7. The van der Waals surface area contributed by atoms with Crippen molar-refractivity contribution in [1.82, 2.24) is 0 Å². The van der Waals surface area contributed by atoms with Gasteiger partial charge in [-0.25, -0.2) is 0 Å². The smallest absolute Gasteiger partial charge is 0.0623 e. The summed E-state index contributed by atoms with van der Waals surface area (Å²) in [5.74, 6) is 0. The molecule has 0 amide bonds. The number of hydrogen-bond donors (Lipinski definition) is 0. The van der Waals surface area contributed by atoms with E-state index in [0.29, 0.717) is 0 Å². The zero-order chi connectivity index (χ0) is 21.8. The monoisotopic (exact) mass is 490 g/mol. The summed E-state index contributed by atoms with van der Waals surface area (Å²) in [5.41, 5.74) is 2.47. The molecule has 0 nitrogen and oxygen atoms in total. The molecular weight excluding hydrogens is 468 g/mol. The predicted molar refractivity (Wildman–Crippen MR) is 143 cm³/mol. The molecule has 0 spiro atoms. The first-order valence-electron chi connectivity index (χ1n) is 10.8. The van der Waals surface area contributed by atoms with E-state index in [1.54, 1.807) is 0 Å². The molecule has 0 heterocycles. The van der Waals surface area contributed by atoms with Gasteiger partial charge < -0.3 is 0 Å². The standard InChI is InChI=1S/C30H23BrSi/c31-26-21-19-24(20-22-26)25-11-10-18-30(23-25)32(27-12-4-1-5-13-27,28-14-6-2-7-15-28)29-16-8-3-9-17-29/h1-23H. The van der Waals surface area contributed by atoms with Gasteiger partial charge in [0.1, 0.15) is 0 Å². The zero-order valence-corrected chi connectivity index (χ0v) is 20.2. The maximum absolute atomic E-state index is 3.56. The van der Waals surface area contributed by atoms with Gasteiger partial charge in [0.05, 0.1) is 0 Å². The molecule has 0 bridgehead atoms. The maximum atomic E-state index is 3.56. The Morgan fingerprint density at radius 1 is 0.375 bits per heavy atom. The average Bonchev–Trinajstić information content (AvgIpc) is 2.87. The molecular formula is C30H23BrSi. The Labute approximate surface area is 199 Å². The molecule has 0 radical (unpaired) electrons. The molecule has 0 saturated heterocycles. The fourth-order valence-electron chi connectivity index (χ4n) is 4.64. The van der Waals surface area contributed by atoms with Gasteiger partial charge >= 0.3 is 0 Å².